The lowest BCUT2D eigenvalue weighted by atomic mass is 10.1. The molecule has 156 valence electrons. The number of aryl methyl sites for hydroxylation is 3. The SMILES string of the molecule is Cc1ccc(NC(=O)C2CSCN2C(=O)Cn2c(=O)n(C)c3ccccc32)cc1C. The molecule has 0 spiro atoms. The maximum atomic E-state index is 13.0. The number of anilines is 1. The molecule has 2 heterocycles. The average molecular weight is 425 g/mol. The van der Waals surface area contributed by atoms with Crippen LogP contribution in [0.1, 0.15) is 11.1 Å². The van der Waals surface area contributed by atoms with Crippen LogP contribution in [-0.4, -0.2) is 43.5 Å². The van der Waals surface area contributed by atoms with Gasteiger partial charge < -0.3 is 10.2 Å². The second-order valence-corrected chi connectivity index (χ2v) is 8.58. The third-order valence-corrected chi connectivity index (χ3v) is 6.64. The zero-order valence-corrected chi connectivity index (χ0v) is 18.0. The second kappa shape index (κ2) is 8.02. The Morgan fingerprint density at radius 3 is 2.57 bits per heavy atom. The van der Waals surface area contributed by atoms with Crippen molar-refractivity contribution in [3.63, 3.8) is 0 Å². The number of aromatic nitrogens is 2. The number of amides is 2. The van der Waals surface area contributed by atoms with Gasteiger partial charge in [0.15, 0.2) is 0 Å². The van der Waals surface area contributed by atoms with Crippen LogP contribution in [0.3, 0.4) is 0 Å². The van der Waals surface area contributed by atoms with Crippen molar-refractivity contribution in [1.82, 2.24) is 14.0 Å². The maximum absolute atomic E-state index is 13.0. The third kappa shape index (κ3) is 3.63. The predicted octanol–water partition coefficient (Wildman–Crippen LogP) is 2.50. The van der Waals surface area contributed by atoms with Gasteiger partial charge in [0.25, 0.3) is 0 Å². The van der Waals surface area contributed by atoms with Gasteiger partial charge in [-0.3, -0.25) is 18.7 Å². The van der Waals surface area contributed by atoms with Gasteiger partial charge in [0, 0.05) is 18.5 Å². The van der Waals surface area contributed by atoms with E-state index in [2.05, 4.69) is 5.32 Å². The topological polar surface area (TPSA) is 76.3 Å². The Kier molecular flexibility index (Phi) is 5.42. The van der Waals surface area contributed by atoms with Gasteiger partial charge in [-0.25, -0.2) is 4.79 Å². The van der Waals surface area contributed by atoms with E-state index in [0.717, 1.165) is 22.3 Å². The monoisotopic (exact) mass is 424 g/mol. The number of fused-ring (bicyclic) bond motifs is 1. The highest BCUT2D eigenvalue weighted by Gasteiger charge is 2.35. The summed E-state index contributed by atoms with van der Waals surface area (Å²) in [5.41, 5.74) is 4.21. The number of imidazole rings is 1. The maximum Gasteiger partial charge on any atom is 0.329 e. The van der Waals surface area contributed by atoms with Crippen molar-refractivity contribution >= 4 is 40.3 Å². The fourth-order valence-electron chi connectivity index (χ4n) is 3.69. The lowest BCUT2D eigenvalue weighted by Crippen LogP contribution is -2.46. The highest BCUT2D eigenvalue weighted by molar-refractivity contribution is 7.99. The number of nitrogens with one attached hydrogen (secondary N) is 1. The van der Waals surface area contributed by atoms with Crippen LogP contribution in [0.4, 0.5) is 5.69 Å². The Bertz CT molecular complexity index is 1200. The number of rotatable bonds is 4. The summed E-state index contributed by atoms with van der Waals surface area (Å²) in [6.07, 6.45) is 0. The molecule has 0 aliphatic carbocycles. The number of hydrogen-bond acceptors (Lipinski definition) is 4. The van der Waals surface area contributed by atoms with Gasteiger partial charge in [-0.05, 0) is 49.2 Å². The summed E-state index contributed by atoms with van der Waals surface area (Å²) in [6, 6.07) is 12.6. The molecule has 0 radical (unpaired) electrons. The Hall–Kier alpha value is -3.00. The van der Waals surface area contributed by atoms with Crippen molar-refractivity contribution in [2.75, 3.05) is 16.9 Å². The largest absolute Gasteiger partial charge is 0.329 e. The molecule has 8 heteroatoms. The van der Waals surface area contributed by atoms with Gasteiger partial charge in [0.2, 0.25) is 11.8 Å². The lowest BCUT2D eigenvalue weighted by Gasteiger charge is -2.23. The zero-order chi connectivity index (χ0) is 21.4. The highest BCUT2D eigenvalue weighted by atomic mass is 32.2. The van der Waals surface area contributed by atoms with E-state index in [-0.39, 0.29) is 24.0 Å². The second-order valence-electron chi connectivity index (χ2n) is 7.58. The summed E-state index contributed by atoms with van der Waals surface area (Å²) in [5, 5.41) is 2.93. The molecule has 1 unspecified atom stereocenters. The van der Waals surface area contributed by atoms with E-state index in [1.165, 1.54) is 20.9 Å². The molecule has 1 aliphatic heterocycles. The fourth-order valence-corrected chi connectivity index (χ4v) is 4.87. The number of carbonyl (C=O) groups excluding carboxylic acids is 2. The molecule has 1 aliphatic rings. The van der Waals surface area contributed by atoms with Crippen LogP contribution in [0.2, 0.25) is 0 Å². The Morgan fingerprint density at radius 2 is 1.83 bits per heavy atom. The van der Waals surface area contributed by atoms with Crippen molar-refractivity contribution in [2.45, 2.75) is 26.4 Å². The Labute approximate surface area is 178 Å². The average Bonchev–Trinajstić information content (AvgIpc) is 3.31. The minimum absolute atomic E-state index is 0.0891. The van der Waals surface area contributed by atoms with Crippen LogP contribution in [0, 0.1) is 13.8 Å². The zero-order valence-electron chi connectivity index (χ0n) is 17.2. The van der Waals surface area contributed by atoms with E-state index in [1.54, 1.807) is 11.9 Å². The van der Waals surface area contributed by atoms with Crippen molar-refractivity contribution in [3.05, 3.63) is 64.1 Å². The molecule has 7 nitrogen and oxygen atoms in total. The molecular weight excluding hydrogens is 400 g/mol. The molecule has 1 atom stereocenters. The molecule has 4 rings (SSSR count). The summed E-state index contributed by atoms with van der Waals surface area (Å²) >= 11 is 1.54. The van der Waals surface area contributed by atoms with Crippen LogP contribution in [0.5, 0.6) is 0 Å². The Morgan fingerprint density at radius 1 is 1.10 bits per heavy atom. The minimum atomic E-state index is -0.560. The van der Waals surface area contributed by atoms with E-state index in [9.17, 15) is 14.4 Å². The molecule has 0 bridgehead atoms. The summed E-state index contributed by atoms with van der Waals surface area (Å²) in [7, 11) is 1.69. The first kappa shape index (κ1) is 20.3. The van der Waals surface area contributed by atoms with E-state index in [0.29, 0.717) is 17.1 Å². The van der Waals surface area contributed by atoms with Crippen LogP contribution < -0.4 is 11.0 Å². The summed E-state index contributed by atoms with van der Waals surface area (Å²) < 4.78 is 3.00. The Balaban J connectivity index is 1.53. The molecule has 1 aromatic heterocycles. The standard InChI is InChI=1S/C22H24N4O3S/c1-14-8-9-16(10-15(14)2)23-21(28)19-12-30-13-26(19)20(27)11-25-18-7-5-4-6-17(18)24(3)22(25)29/h4-10,19H,11-13H2,1-3H3,(H,23,28). The van der Waals surface area contributed by atoms with Gasteiger partial charge >= 0.3 is 5.69 Å². The molecule has 2 aromatic carbocycles. The molecular formula is C22H24N4O3S. The summed E-state index contributed by atoms with van der Waals surface area (Å²) in [5.74, 6) is 0.525. The van der Waals surface area contributed by atoms with Crippen molar-refractivity contribution in [3.8, 4) is 0 Å². The van der Waals surface area contributed by atoms with E-state index in [1.807, 2.05) is 56.3 Å². The molecule has 1 fully saturated rings. The fraction of sp³-hybridized carbons (Fsp3) is 0.318. The quantitative estimate of drug-likeness (QED) is 0.698. The number of para-hydroxylation sites is 2. The molecule has 0 saturated carbocycles. The van der Waals surface area contributed by atoms with Crippen molar-refractivity contribution in [1.29, 1.82) is 0 Å². The smallest absolute Gasteiger partial charge is 0.324 e. The number of thioether (sulfide) groups is 1. The van der Waals surface area contributed by atoms with Crippen LogP contribution >= 0.6 is 11.8 Å². The summed E-state index contributed by atoms with van der Waals surface area (Å²) in [6.45, 7) is 3.92. The first-order chi connectivity index (χ1) is 14.4. The number of carbonyl (C=O) groups is 2. The van der Waals surface area contributed by atoms with Gasteiger partial charge in [0.05, 0.1) is 16.9 Å². The first-order valence-electron chi connectivity index (χ1n) is 9.76. The summed E-state index contributed by atoms with van der Waals surface area (Å²) in [4.78, 5) is 40.1. The van der Waals surface area contributed by atoms with Crippen LogP contribution in [0.25, 0.3) is 11.0 Å². The predicted molar refractivity (Wildman–Crippen MR) is 120 cm³/mol. The molecule has 30 heavy (non-hydrogen) atoms. The van der Waals surface area contributed by atoms with Crippen molar-refractivity contribution in [2.24, 2.45) is 7.05 Å². The third-order valence-electron chi connectivity index (χ3n) is 5.62. The van der Waals surface area contributed by atoms with E-state index >= 15 is 0 Å². The normalized spacial score (nSPS) is 16.2. The van der Waals surface area contributed by atoms with Gasteiger partial charge in [0.1, 0.15) is 12.6 Å². The molecule has 2 amide bonds. The van der Waals surface area contributed by atoms with E-state index in [4.69, 9.17) is 0 Å². The van der Waals surface area contributed by atoms with E-state index < -0.39 is 6.04 Å². The lowest BCUT2D eigenvalue weighted by molar-refractivity contribution is -0.136. The molecule has 1 saturated heterocycles. The van der Waals surface area contributed by atoms with Crippen LogP contribution in [-0.2, 0) is 23.2 Å². The number of nitrogens with zero attached hydrogens (tertiary/aromatic N) is 3. The van der Waals surface area contributed by atoms with Crippen LogP contribution in [0.15, 0.2) is 47.3 Å². The van der Waals surface area contributed by atoms with Crippen molar-refractivity contribution < 1.29 is 9.59 Å². The number of hydrogen-bond donors (Lipinski definition) is 1. The molecule has 1 N–H and O–H groups in total. The minimum Gasteiger partial charge on any atom is -0.324 e. The van der Waals surface area contributed by atoms with Gasteiger partial charge in [-0.15, -0.1) is 11.8 Å². The molecule has 3 aromatic rings. The number of benzene rings is 2. The highest BCUT2D eigenvalue weighted by Crippen LogP contribution is 2.24. The van der Waals surface area contributed by atoms with Gasteiger partial charge in [-0.1, -0.05) is 18.2 Å². The first-order valence-corrected chi connectivity index (χ1v) is 10.9. The van der Waals surface area contributed by atoms with Gasteiger partial charge in [-0.2, -0.15) is 0 Å².